The summed E-state index contributed by atoms with van der Waals surface area (Å²) in [7, 11) is 0. The molecule has 184 valence electrons. The number of thioether (sulfide) groups is 1. The maximum absolute atomic E-state index is 12.5. The van der Waals surface area contributed by atoms with Crippen molar-refractivity contribution in [2.45, 2.75) is 96.6 Å². The Hall–Kier alpha value is -2.29. The largest absolute Gasteiger partial charge is 0.444 e. The van der Waals surface area contributed by atoms with Crippen LogP contribution < -0.4 is 10.6 Å². The third-order valence-corrected chi connectivity index (χ3v) is 6.48. The molecule has 4 atom stereocenters. The molecule has 0 bridgehead atoms. The Morgan fingerprint density at radius 3 is 2.21 bits per heavy atom. The fourth-order valence-electron chi connectivity index (χ4n) is 4.04. The van der Waals surface area contributed by atoms with Crippen LogP contribution >= 0.6 is 11.8 Å². The monoisotopic (exact) mass is 479 g/mol. The molecular weight excluding hydrogens is 442 g/mol. The van der Waals surface area contributed by atoms with E-state index in [0.717, 1.165) is 12.0 Å². The Kier molecular flexibility index (Phi) is 8.79. The first-order chi connectivity index (χ1) is 15.1. The predicted octanol–water partition coefficient (Wildman–Crippen LogP) is 5.48. The van der Waals surface area contributed by atoms with Gasteiger partial charge in [0.1, 0.15) is 11.2 Å². The van der Waals surface area contributed by atoms with Crippen molar-refractivity contribution in [2.24, 2.45) is 5.92 Å². The number of rotatable bonds is 4. The second kappa shape index (κ2) is 10.8. The highest BCUT2D eigenvalue weighted by Crippen LogP contribution is 2.43. The molecule has 2 N–H and O–H groups in total. The lowest BCUT2D eigenvalue weighted by molar-refractivity contribution is -0.109. The lowest BCUT2D eigenvalue weighted by atomic mass is 9.75. The average molecular weight is 480 g/mol. The Labute approximate surface area is 201 Å². The number of pyridine rings is 1. The van der Waals surface area contributed by atoms with Crippen LogP contribution in [-0.2, 0) is 14.3 Å². The number of carbonyl (C=O) groups excluding carboxylic acids is 3. The average Bonchev–Trinajstić information content (AvgIpc) is 2.61. The van der Waals surface area contributed by atoms with Crippen LogP contribution in [0.5, 0.6) is 0 Å². The maximum atomic E-state index is 12.5. The van der Waals surface area contributed by atoms with E-state index >= 15 is 0 Å². The summed E-state index contributed by atoms with van der Waals surface area (Å²) in [5, 5.41) is 5.74. The molecule has 9 heteroatoms. The zero-order valence-electron chi connectivity index (χ0n) is 20.9. The summed E-state index contributed by atoms with van der Waals surface area (Å²) in [5.41, 5.74) is 0.260. The van der Waals surface area contributed by atoms with Gasteiger partial charge in [-0.15, -0.1) is 0 Å². The zero-order valence-corrected chi connectivity index (χ0v) is 21.7. The van der Waals surface area contributed by atoms with Crippen molar-refractivity contribution in [1.82, 2.24) is 10.3 Å². The number of hydrogen-bond donors (Lipinski definition) is 2. The van der Waals surface area contributed by atoms with Gasteiger partial charge in [0.2, 0.25) is 0 Å². The predicted molar refractivity (Wildman–Crippen MR) is 130 cm³/mol. The highest BCUT2D eigenvalue weighted by molar-refractivity contribution is 8.14. The highest BCUT2D eigenvalue weighted by atomic mass is 32.2. The molecule has 0 unspecified atom stereocenters. The number of hydrogen-bond acceptors (Lipinski definition) is 7. The number of anilines is 1. The molecule has 33 heavy (non-hydrogen) atoms. The summed E-state index contributed by atoms with van der Waals surface area (Å²) < 4.78 is 10.9. The second-order valence-electron chi connectivity index (χ2n) is 10.6. The van der Waals surface area contributed by atoms with Gasteiger partial charge < -0.3 is 14.8 Å². The highest BCUT2D eigenvalue weighted by Gasteiger charge is 2.39. The molecule has 1 aromatic heterocycles. The van der Waals surface area contributed by atoms with Crippen molar-refractivity contribution >= 4 is 34.8 Å². The topological polar surface area (TPSA) is 107 Å². The summed E-state index contributed by atoms with van der Waals surface area (Å²) in [4.78, 5) is 41.0. The number of carbonyl (C=O) groups is 3. The van der Waals surface area contributed by atoms with Gasteiger partial charge in [-0.2, -0.15) is 0 Å². The van der Waals surface area contributed by atoms with Crippen LogP contribution in [0, 0.1) is 5.92 Å². The molecule has 1 fully saturated rings. The molecular formula is C24H37N3O5S. The van der Waals surface area contributed by atoms with E-state index < -0.39 is 23.4 Å². The van der Waals surface area contributed by atoms with Crippen molar-refractivity contribution in [3.63, 3.8) is 0 Å². The minimum absolute atomic E-state index is 0.0116. The van der Waals surface area contributed by atoms with E-state index in [0.29, 0.717) is 12.1 Å². The van der Waals surface area contributed by atoms with E-state index in [1.165, 1.54) is 11.8 Å². The van der Waals surface area contributed by atoms with Gasteiger partial charge in [0.25, 0.3) is 0 Å². The molecule has 0 aliphatic heterocycles. The summed E-state index contributed by atoms with van der Waals surface area (Å²) in [6, 6.07) is 1.61. The number of amides is 2. The van der Waals surface area contributed by atoms with Crippen molar-refractivity contribution in [1.29, 1.82) is 0 Å². The lowest BCUT2D eigenvalue weighted by Gasteiger charge is -2.40. The van der Waals surface area contributed by atoms with E-state index in [1.54, 1.807) is 40.1 Å². The van der Waals surface area contributed by atoms with Gasteiger partial charge in [-0.05, 0) is 77.8 Å². The van der Waals surface area contributed by atoms with Crippen LogP contribution in [0.25, 0.3) is 0 Å². The van der Waals surface area contributed by atoms with Gasteiger partial charge in [0.05, 0.1) is 11.9 Å². The first-order valence-electron chi connectivity index (χ1n) is 11.3. The molecule has 0 spiro atoms. The minimum Gasteiger partial charge on any atom is -0.444 e. The quantitative estimate of drug-likeness (QED) is 0.588. The molecule has 1 saturated carbocycles. The molecule has 0 aromatic carbocycles. The van der Waals surface area contributed by atoms with Crippen LogP contribution in [0.4, 0.5) is 15.3 Å². The third kappa shape index (κ3) is 8.87. The fourth-order valence-corrected chi connectivity index (χ4v) is 5.11. The van der Waals surface area contributed by atoms with E-state index in [2.05, 4.69) is 22.5 Å². The molecule has 0 saturated heterocycles. The smallest absolute Gasteiger partial charge is 0.412 e. The standard InChI is InChI=1S/C24H37N3O5S/c1-14-11-16(17-9-10-25-13-19(17)27-22(30)32-24(6,7)8)12-18(20(14)33-15(2)28)26-21(29)31-23(3,4)5/h9-10,13-14,16,18,20H,11-12H2,1-8H3,(H,26,29)(H,27,30)/t14-,16+,18+,20-/m0/s1. The normalized spacial score (nSPS) is 23.4. The SMILES string of the molecule is CC(=O)S[C@H]1[C@@H](C)C[C@@H](c2ccncc2NC(=O)OC(C)(C)C)C[C@H]1NC(=O)OC(C)(C)C. The van der Waals surface area contributed by atoms with E-state index in [4.69, 9.17) is 9.47 Å². The van der Waals surface area contributed by atoms with Gasteiger partial charge in [-0.25, -0.2) is 9.59 Å². The van der Waals surface area contributed by atoms with E-state index in [-0.39, 0.29) is 28.2 Å². The molecule has 1 aliphatic carbocycles. The number of ether oxygens (including phenoxy) is 2. The van der Waals surface area contributed by atoms with Gasteiger partial charge >= 0.3 is 12.2 Å². The number of aromatic nitrogens is 1. The second-order valence-corrected chi connectivity index (χ2v) is 11.9. The van der Waals surface area contributed by atoms with E-state index in [1.807, 2.05) is 26.8 Å². The maximum Gasteiger partial charge on any atom is 0.412 e. The Morgan fingerprint density at radius 1 is 1.03 bits per heavy atom. The van der Waals surface area contributed by atoms with Crippen LogP contribution in [0.3, 0.4) is 0 Å². The van der Waals surface area contributed by atoms with Crippen molar-refractivity contribution in [2.75, 3.05) is 5.32 Å². The van der Waals surface area contributed by atoms with Gasteiger partial charge in [-0.1, -0.05) is 18.7 Å². The zero-order chi connectivity index (χ0) is 25.0. The van der Waals surface area contributed by atoms with Gasteiger partial charge in [0, 0.05) is 24.4 Å². The van der Waals surface area contributed by atoms with Crippen LogP contribution in [-0.4, -0.2) is 44.8 Å². The van der Waals surface area contributed by atoms with Crippen molar-refractivity contribution in [3.05, 3.63) is 24.0 Å². The Bertz CT molecular complexity index is 862. The number of alkyl carbamates (subject to hydrolysis) is 1. The lowest BCUT2D eigenvalue weighted by Crippen LogP contribution is -2.50. The van der Waals surface area contributed by atoms with Crippen LogP contribution in [0.1, 0.15) is 79.7 Å². The molecule has 1 aliphatic rings. The number of nitrogens with one attached hydrogen (secondary N) is 2. The molecule has 0 radical (unpaired) electrons. The van der Waals surface area contributed by atoms with Gasteiger partial charge in [0.15, 0.2) is 5.12 Å². The van der Waals surface area contributed by atoms with Crippen LogP contribution in [0.15, 0.2) is 18.5 Å². The third-order valence-electron chi connectivity index (χ3n) is 5.09. The molecule has 1 aromatic rings. The summed E-state index contributed by atoms with van der Waals surface area (Å²) >= 11 is 1.26. The van der Waals surface area contributed by atoms with Crippen molar-refractivity contribution in [3.8, 4) is 0 Å². The molecule has 2 rings (SSSR count). The molecule has 2 amide bonds. The molecule has 1 heterocycles. The fraction of sp³-hybridized carbons (Fsp3) is 0.667. The number of nitrogens with zero attached hydrogens (tertiary/aromatic N) is 1. The molecule has 8 nitrogen and oxygen atoms in total. The van der Waals surface area contributed by atoms with Crippen molar-refractivity contribution < 1.29 is 23.9 Å². The Balaban J connectivity index is 2.26. The van der Waals surface area contributed by atoms with Gasteiger partial charge in [-0.3, -0.25) is 15.1 Å². The Morgan fingerprint density at radius 2 is 1.64 bits per heavy atom. The van der Waals surface area contributed by atoms with Crippen LogP contribution in [0.2, 0.25) is 0 Å². The first kappa shape index (κ1) is 27.0. The summed E-state index contributed by atoms with van der Waals surface area (Å²) in [6.45, 7) is 14.5. The first-order valence-corrected chi connectivity index (χ1v) is 12.1. The minimum atomic E-state index is -0.622. The summed E-state index contributed by atoms with van der Waals surface area (Å²) in [5.74, 6) is 0.178. The van der Waals surface area contributed by atoms with E-state index in [9.17, 15) is 14.4 Å². The summed E-state index contributed by atoms with van der Waals surface area (Å²) in [6.07, 6.45) is 3.64.